The standard InChI is InChI=1S/C12H19F2N3/c13-12(14)7-10(8-12)17-9-1-3-11(16,4-2-9)5-6-15/h9-10,17H,1-5,7-8,16H2. The maximum absolute atomic E-state index is 12.7. The Hall–Kier alpha value is -0.730. The van der Waals surface area contributed by atoms with Crippen molar-refractivity contribution in [1.29, 1.82) is 5.26 Å². The molecule has 2 aliphatic carbocycles. The molecule has 0 heterocycles. The van der Waals surface area contributed by atoms with Crippen molar-refractivity contribution in [2.45, 2.75) is 68.5 Å². The highest BCUT2D eigenvalue weighted by Gasteiger charge is 2.46. The molecule has 0 aromatic rings. The summed E-state index contributed by atoms with van der Waals surface area (Å²) in [6.45, 7) is 0. The molecule has 2 saturated carbocycles. The summed E-state index contributed by atoms with van der Waals surface area (Å²) in [5.41, 5.74) is 5.73. The van der Waals surface area contributed by atoms with Gasteiger partial charge in [-0.1, -0.05) is 0 Å². The summed E-state index contributed by atoms with van der Waals surface area (Å²) in [7, 11) is 0. The van der Waals surface area contributed by atoms with Gasteiger partial charge in [-0.3, -0.25) is 0 Å². The highest BCUT2D eigenvalue weighted by molar-refractivity contribution is 5.00. The Kier molecular flexibility index (Phi) is 3.37. The molecular formula is C12H19F2N3. The van der Waals surface area contributed by atoms with E-state index in [0.29, 0.717) is 12.5 Å². The summed E-state index contributed by atoms with van der Waals surface area (Å²) in [5.74, 6) is -2.45. The highest BCUT2D eigenvalue weighted by atomic mass is 19.3. The van der Waals surface area contributed by atoms with Crippen molar-refractivity contribution in [1.82, 2.24) is 5.32 Å². The van der Waals surface area contributed by atoms with E-state index >= 15 is 0 Å². The average molecular weight is 243 g/mol. The number of nitrogens with zero attached hydrogens (tertiary/aromatic N) is 1. The molecule has 0 amide bonds. The average Bonchev–Trinajstić information content (AvgIpc) is 2.19. The summed E-state index contributed by atoms with van der Waals surface area (Å²) >= 11 is 0. The first-order valence-corrected chi connectivity index (χ1v) is 6.22. The first kappa shape index (κ1) is 12.7. The molecule has 96 valence electrons. The van der Waals surface area contributed by atoms with Crippen LogP contribution in [0.5, 0.6) is 0 Å². The van der Waals surface area contributed by atoms with E-state index in [2.05, 4.69) is 11.4 Å². The molecule has 3 N–H and O–H groups in total. The molecule has 0 aromatic carbocycles. The molecule has 17 heavy (non-hydrogen) atoms. The van der Waals surface area contributed by atoms with E-state index < -0.39 is 5.92 Å². The first-order chi connectivity index (χ1) is 7.92. The van der Waals surface area contributed by atoms with Gasteiger partial charge in [0.1, 0.15) is 0 Å². The van der Waals surface area contributed by atoms with Gasteiger partial charge in [0.15, 0.2) is 0 Å². The van der Waals surface area contributed by atoms with Crippen LogP contribution in [0.15, 0.2) is 0 Å². The molecule has 0 unspecified atom stereocenters. The van der Waals surface area contributed by atoms with Crippen molar-refractivity contribution in [3.05, 3.63) is 0 Å². The predicted molar refractivity (Wildman–Crippen MR) is 60.5 cm³/mol. The van der Waals surface area contributed by atoms with Crippen LogP contribution in [0.1, 0.15) is 44.9 Å². The second-order valence-electron chi connectivity index (χ2n) is 5.60. The van der Waals surface area contributed by atoms with Crippen LogP contribution in [-0.2, 0) is 0 Å². The van der Waals surface area contributed by atoms with Gasteiger partial charge in [-0.2, -0.15) is 5.26 Å². The third kappa shape index (κ3) is 3.14. The van der Waals surface area contributed by atoms with Crippen LogP contribution >= 0.6 is 0 Å². The van der Waals surface area contributed by atoms with Gasteiger partial charge in [0.25, 0.3) is 5.92 Å². The van der Waals surface area contributed by atoms with Crippen molar-refractivity contribution >= 4 is 0 Å². The maximum Gasteiger partial charge on any atom is 0.251 e. The molecule has 0 aromatic heterocycles. The van der Waals surface area contributed by atoms with Crippen molar-refractivity contribution in [2.75, 3.05) is 0 Å². The molecular weight excluding hydrogens is 224 g/mol. The van der Waals surface area contributed by atoms with Crippen LogP contribution in [0.25, 0.3) is 0 Å². The van der Waals surface area contributed by atoms with E-state index in [1.807, 2.05) is 0 Å². The Morgan fingerprint density at radius 1 is 1.24 bits per heavy atom. The number of nitrogens with one attached hydrogen (secondary N) is 1. The fourth-order valence-corrected chi connectivity index (χ4v) is 2.81. The fraction of sp³-hybridized carbons (Fsp3) is 0.917. The van der Waals surface area contributed by atoms with Gasteiger partial charge >= 0.3 is 0 Å². The lowest BCUT2D eigenvalue weighted by Crippen LogP contribution is -2.54. The van der Waals surface area contributed by atoms with Crippen molar-refractivity contribution in [3.8, 4) is 6.07 Å². The Morgan fingerprint density at radius 2 is 1.82 bits per heavy atom. The number of hydrogen-bond donors (Lipinski definition) is 2. The summed E-state index contributed by atoms with van der Waals surface area (Å²) in [6.07, 6.45) is 3.72. The number of hydrogen-bond acceptors (Lipinski definition) is 3. The highest BCUT2D eigenvalue weighted by Crippen LogP contribution is 2.38. The summed E-state index contributed by atoms with van der Waals surface area (Å²) in [6, 6.07) is 2.39. The molecule has 0 bridgehead atoms. The summed E-state index contributed by atoms with van der Waals surface area (Å²) < 4.78 is 25.3. The molecule has 2 fully saturated rings. The Bertz CT molecular complexity index is 308. The van der Waals surface area contributed by atoms with Crippen molar-refractivity contribution in [2.24, 2.45) is 5.73 Å². The van der Waals surface area contributed by atoms with Gasteiger partial charge in [0.05, 0.1) is 12.5 Å². The molecule has 0 atom stereocenters. The fourth-order valence-electron chi connectivity index (χ4n) is 2.81. The second kappa shape index (κ2) is 4.51. The minimum absolute atomic E-state index is 0.0313. The first-order valence-electron chi connectivity index (χ1n) is 6.22. The van der Waals surface area contributed by atoms with Gasteiger partial charge in [0, 0.05) is 30.5 Å². The molecule has 2 rings (SSSR count). The number of alkyl halides is 2. The van der Waals surface area contributed by atoms with Gasteiger partial charge in [0.2, 0.25) is 0 Å². The number of halogens is 2. The van der Waals surface area contributed by atoms with E-state index in [1.165, 1.54) is 0 Å². The van der Waals surface area contributed by atoms with Gasteiger partial charge < -0.3 is 11.1 Å². The normalized spacial score (nSPS) is 37.2. The van der Waals surface area contributed by atoms with Crippen LogP contribution in [-0.4, -0.2) is 23.5 Å². The molecule has 0 spiro atoms. The Morgan fingerprint density at radius 3 is 2.29 bits per heavy atom. The van der Waals surface area contributed by atoms with E-state index in [0.717, 1.165) is 25.7 Å². The van der Waals surface area contributed by atoms with Crippen LogP contribution in [0.3, 0.4) is 0 Å². The lowest BCUT2D eigenvalue weighted by atomic mass is 9.77. The number of rotatable bonds is 3. The molecule has 2 aliphatic rings. The van der Waals surface area contributed by atoms with Crippen molar-refractivity contribution in [3.63, 3.8) is 0 Å². The smallest absolute Gasteiger partial charge is 0.251 e. The third-order valence-electron chi connectivity index (χ3n) is 3.97. The van der Waals surface area contributed by atoms with Gasteiger partial charge in [-0.05, 0) is 25.7 Å². The van der Waals surface area contributed by atoms with Gasteiger partial charge in [-0.25, -0.2) is 8.78 Å². The predicted octanol–water partition coefficient (Wildman–Crippen LogP) is 1.93. The Labute approximate surface area is 100 Å². The summed E-state index contributed by atoms with van der Waals surface area (Å²) in [5, 5.41) is 11.9. The topological polar surface area (TPSA) is 61.8 Å². The lowest BCUT2D eigenvalue weighted by Gasteiger charge is -2.41. The van der Waals surface area contributed by atoms with E-state index in [4.69, 9.17) is 11.0 Å². The number of nitrogens with two attached hydrogens (primary N) is 1. The van der Waals surface area contributed by atoms with Gasteiger partial charge in [-0.15, -0.1) is 0 Å². The van der Waals surface area contributed by atoms with Crippen molar-refractivity contribution < 1.29 is 8.78 Å². The van der Waals surface area contributed by atoms with Crippen LogP contribution in [0.2, 0.25) is 0 Å². The Balaban J connectivity index is 1.72. The van der Waals surface area contributed by atoms with E-state index in [1.54, 1.807) is 0 Å². The van der Waals surface area contributed by atoms with Crippen LogP contribution < -0.4 is 11.1 Å². The number of nitriles is 1. The SMILES string of the molecule is N#CCC1(N)CCC(NC2CC(F)(F)C2)CC1. The maximum atomic E-state index is 12.7. The minimum Gasteiger partial charge on any atom is -0.324 e. The minimum atomic E-state index is -2.45. The molecule has 5 heteroatoms. The zero-order chi connectivity index (χ0) is 12.5. The van der Waals surface area contributed by atoms with Crippen LogP contribution in [0.4, 0.5) is 8.78 Å². The van der Waals surface area contributed by atoms with Crippen LogP contribution in [0, 0.1) is 11.3 Å². The molecule has 0 radical (unpaired) electrons. The molecule has 0 aliphatic heterocycles. The molecule has 3 nitrogen and oxygen atoms in total. The zero-order valence-corrected chi connectivity index (χ0v) is 9.88. The van der Waals surface area contributed by atoms with E-state index in [9.17, 15) is 8.78 Å². The zero-order valence-electron chi connectivity index (χ0n) is 9.88. The summed E-state index contributed by atoms with van der Waals surface area (Å²) in [4.78, 5) is 0. The second-order valence-corrected chi connectivity index (χ2v) is 5.60. The molecule has 0 saturated heterocycles. The lowest BCUT2D eigenvalue weighted by molar-refractivity contribution is -0.0957. The quantitative estimate of drug-likeness (QED) is 0.796. The van der Waals surface area contributed by atoms with E-state index in [-0.39, 0.29) is 24.4 Å². The monoisotopic (exact) mass is 243 g/mol. The largest absolute Gasteiger partial charge is 0.324 e. The third-order valence-corrected chi connectivity index (χ3v) is 3.97.